The Morgan fingerprint density at radius 1 is 1.33 bits per heavy atom. The molecule has 12 heavy (non-hydrogen) atoms. The van der Waals surface area contributed by atoms with E-state index in [2.05, 4.69) is 19.9 Å². The van der Waals surface area contributed by atoms with Gasteiger partial charge in [0, 0.05) is 16.3 Å². The van der Waals surface area contributed by atoms with Gasteiger partial charge in [-0.1, -0.05) is 26.0 Å². The molecular weight excluding hydrogens is 166 g/mol. The molecule has 1 rings (SSSR count). The molecule has 0 spiro atoms. The van der Waals surface area contributed by atoms with Crippen LogP contribution in [-0.2, 0) is 0 Å². The maximum absolute atomic E-state index is 5.79. The van der Waals surface area contributed by atoms with Crippen LogP contribution < -0.4 is 5.73 Å². The lowest BCUT2D eigenvalue weighted by atomic mass is 10.3. The first-order chi connectivity index (χ1) is 5.70. The third kappa shape index (κ3) is 2.78. The number of anilines is 1. The highest BCUT2D eigenvalue weighted by Crippen LogP contribution is 2.25. The lowest BCUT2D eigenvalue weighted by Gasteiger charge is -2.06. The van der Waals surface area contributed by atoms with Crippen molar-refractivity contribution >= 4 is 17.4 Å². The average molecular weight is 181 g/mol. The Morgan fingerprint density at radius 3 is 2.58 bits per heavy atom. The monoisotopic (exact) mass is 181 g/mol. The second kappa shape index (κ2) is 4.41. The van der Waals surface area contributed by atoms with Crippen LogP contribution in [0.2, 0.25) is 0 Å². The Hall–Kier alpha value is -0.630. The Bertz CT molecular complexity index is 245. The maximum Gasteiger partial charge on any atom is 0.0452 e. The average Bonchev–Trinajstić information content (AvgIpc) is 2.03. The van der Waals surface area contributed by atoms with Crippen LogP contribution >= 0.6 is 11.8 Å². The highest BCUT2D eigenvalue weighted by Gasteiger charge is 1.99. The molecule has 0 bridgehead atoms. The molecule has 0 amide bonds. The lowest BCUT2D eigenvalue weighted by Crippen LogP contribution is -1.93. The van der Waals surface area contributed by atoms with Crippen molar-refractivity contribution in [2.24, 2.45) is 5.92 Å². The molecule has 0 aliphatic rings. The summed E-state index contributed by atoms with van der Waals surface area (Å²) in [6, 6.07) is 8.01. The van der Waals surface area contributed by atoms with Gasteiger partial charge in [-0.3, -0.25) is 0 Å². The molecule has 1 aromatic carbocycles. The summed E-state index contributed by atoms with van der Waals surface area (Å²) < 4.78 is 0. The molecule has 2 N–H and O–H groups in total. The van der Waals surface area contributed by atoms with Crippen LogP contribution in [0.3, 0.4) is 0 Å². The van der Waals surface area contributed by atoms with E-state index in [1.807, 2.05) is 30.0 Å². The van der Waals surface area contributed by atoms with Crippen molar-refractivity contribution in [1.29, 1.82) is 0 Å². The summed E-state index contributed by atoms with van der Waals surface area (Å²) in [6.07, 6.45) is 0. The van der Waals surface area contributed by atoms with Gasteiger partial charge in [0.25, 0.3) is 0 Å². The molecule has 0 saturated carbocycles. The van der Waals surface area contributed by atoms with E-state index in [1.165, 1.54) is 4.90 Å². The molecule has 0 radical (unpaired) electrons. The van der Waals surface area contributed by atoms with Crippen molar-refractivity contribution in [2.75, 3.05) is 11.5 Å². The van der Waals surface area contributed by atoms with Crippen LogP contribution in [0.1, 0.15) is 13.8 Å². The van der Waals surface area contributed by atoms with E-state index in [9.17, 15) is 0 Å². The fourth-order valence-corrected chi connectivity index (χ4v) is 1.79. The summed E-state index contributed by atoms with van der Waals surface area (Å²) in [6.45, 7) is 4.43. The summed E-state index contributed by atoms with van der Waals surface area (Å²) in [5.74, 6) is 1.85. The minimum absolute atomic E-state index is 0.717. The number of nitrogen functional groups attached to an aromatic ring is 1. The van der Waals surface area contributed by atoms with E-state index in [0.29, 0.717) is 0 Å². The van der Waals surface area contributed by atoms with E-state index >= 15 is 0 Å². The van der Waals surface area contributed by atoms with Crippen LogP contribution in [0.4, 0.5) is 5.69 Å². The van der Waals surface area contributed by atoms with Crippen molar-refractivity contribution < 1.29 is 0 Å². The molecule has 0 aliphatic heterocycles. The molecule has 0 atom stereocenters. The third-order valence-electron chi connectivity index (χ3n) is 1.49. The Balaban J connectivity index is 2.57. The quantitative estimate of drug-likeness (QED) is 0.573. The topological polar surface area (TPSA) is 26.0 Å². The van der Waals surface area contributed by atoms with Gasteiger partial charge in [-0.2, -0.15) is 0 Å². The van der Waals surface area contributed by atoms with E-state index < -0.39 is 0 Å². The number of hydrogen-bond acceptors (Lipinski definition) is 2. The molecule has 0 unspecified atom stereocenters. The zero-order chi connectivity index (χ0) is 8.97. The summed E-state index contributed by atoms with van der Waals surface area (Å²) in [4.78, 5) is 1.20. The number of nitrogens with two attached hydrogens (primary N) is 1. The SMILES string of the molecule is CC(C)CSc1ccccc1N. The second-order valence-electron chi connectivity index (χ2n) is 3.24. The number of rotatable bonds is 3. The molecular formula is C10H15NS. The Kier molecular flexibility index (Phi) is 3.48. The van der Waals surface area contributed by atoms with Crippen molar-refractivity contribution in [1.82, 2.24) is 0 Å². The van der Waals surface area contributed by atoms with Gasteiger partial charge in [-0.15, -0.1) is 11.8 Å². The highest BCUT2D eigenvalue weighted by atomic mass is 32.2. The predicted molar refractivity (Wildman–Crippen MR) is 56.4 cm³/mol. The molecule has 1 nitrogen and oxygen atoms in total. The van der Waals surface area contributed by atoms with Crippen molar-refractivity contribution in [2.45, 2.75) is 18.7 Å². The van der Waals surface area contributed by atoms with Crippen LogP contribution in [0, 0.1) is 5.92 Å². The van der Waals surface area contributed by atoms with Gasteiger partial charge < -0.3 is 5.73 Å². The van der Waals surface area contributed by atoms with Crippen LogP contribution in [-0.4, -0.2) is 5.75 Å². The molecule has 0 saturated heterocycles. The van der Waals surface area contributed by atoms with Crippen LogP contribution in [0.5, 0.6) is 0 Å². The largest absolute Gasteiger partial charge is 0.398 e. The number of para-hydroxylation sites is 1. The van der Waals surface area contributed by atoms with Gasteiger partial charge in [0.05, 0.1) is 0 Å². The lowest BCUT2D eigenvalue weighted by molar-refractivity contribution is 0.750. The number of hydrogen-bond donors (Lipinski definition) is 1. The van der Waals surface area contributed by atoms with E-state index in [-0.39, 0.29) is 0 Å². The van der Waals surface area contributed by atoms with Gasteiger partial charge in [-0.25, -0.2) is 0 Å². The summed E-state index contributed by atoms with van der Waals surface area (Å²) >= 11 is 1.83. The molecule has 2 heteroatoms. The van der Waals surface area contributed by atoms with Crippen molar-refractivity contribution in [3.63, 3.8) is 0 Å². The minimum atomic E-state index is 0.717. The number of thioether (sulfide) groups is 1. The first-order valence-electron chi connectivity index (χ1n) is 4.17. The molecule has 66 valence electrons. The third-order valence-corrected chi connectivity index (χ3v) is 3.01. The summed E-state index contributed by atoms with van der Waals surface area (Å²) in [5.41, 5.74) is 6.68. The van der Waals surface area contributed by atoms with Gasteiger partial charge in [0.15, 0.2) is 0 Å². The Morgan fingerprint density at radius 2 is 2.00 bits per heavy atom. The van der Waals surface area contributed by atoms with Crippen LogP contribution in [0.15, 0.2) is 29.2 Å². The van der Waals surface area contributed by atoms with Crippen molar-refractivity contribution in [3.8, 4) is 0 Å². The predicted octanol–water partition coefficient (Wildman–Crippen LogP) is 3.02. The standard InChI is InChI=1S/C10H15NS/c1-8(2)7-12-10-6-4-3-5-9(10)11/h3-6,8H,7,11H2,1-2H3. The zero-order valence-corrected chi connectivity index (χ0v) is 8.40. The molecule has 0 heterocycles. The smallest absolute Gasteiger partial charge is 0.0452 e. The van der Waals surface area contributed by atoms with Gasteiger partial charge >= 0.3 is 0 Å². The fraction of sp³-hybridized carbons (Fsp3) is 0.400. The molecule has 0 aliphatic carbocycles. The summed E-state index contributed by atoms with van der Waals surface area (Å²) in [7, 11) is 0. The Labute approximate surface area is 78.4 Å². The molecule has 1 aromatic rings. The molecule has 0 aromatic heterocycles. The molecule has 0 fully saturated rings. The van der Waals surface area contributed by atoms with Crippen LogP contribution in [0.25, 0.3) is 0 Å². The minimum Gasteiger partial charge on any atom is -0.398 e. The van der Waals surface area contributed by atoms with Gasteiger partial charge in [0.2, 0.25) is 0 Å². The first-order valence-corrected chi connectivity index (χ1v) is 5.16. The maximum atomic E-state index is 5.79. The zero-order valence-electron chi connectivity index (χ0n) is 7.58. The highest BCUT2D eigenvalue weighted by molar-refractivity contribution is 7.99. The fourth-order valence-electron chi connectivity index (χ4n) is 0.868. The first kappa shape index (κ1) is 9.46. The van der Waals surface area contributed by atoms with Crippen molar-refractivity contribution in [3.05, 3.63) is 24.3 Å². The van der Waals surface area contributed by atoms with Gasteiger partial charge in [-0.05, 0) is 18.1 Å². The van der Waals surface area contributed by atoms with Gasteiger partial charge in [0.1, 0.15) is 0 Å². The summed E-state index contributed by atoms with van der Waals surface area (Å²) in [5, 5.41) is 0. The van der Waals surface area contributed by atoms with E-state index in [0.717, 1.165) is 17.4 Å². The normalized spacial score (nSPS) is 10.6. The number of benzene rings is 1. The van der Waals surface area contributed by atoms with E-state index in [1.54, 1.807) is 0 Å². The van der Waals surface area contributed by atoms with E-state index in [4.69, 9.17) is 5.73 Å². The second-order valence-corrected chi connectivity index (χ2v) is 4.30.